The highest BCUT2D eigenvalue weighted by molar-refractivity contribution is 5.85. The molecule has 0 radical (unpaired) electrons. The summed E-state index contributed by atoms with van der Waals surface area (Å²) in [5.41, 5.74) is 2.04. The van der Waals surface area contributed by atoms with E-state index in [1.165, 1.54) is 11.3 Å². The van der Waals surface area contributed by atoms with Crippen LogP contribution in [0.2, 0.25) is 0 Å². The van der Waals surface area contributed by atoms with Crippen LogP contribution in [0.25, 0.3) is 0 Å². The summed E-state index contributed by atoms with van der Waals surface area (Å²) < 4.78 is 5.59. The summed E-state index contributed by atoms with van der Waals surface area (Å²) in [6.45, 7) is 5.50. The minimum atomic E-state index is -0.659. The first kappa shape index (κ1) is 16.3. The number of nitrogens with one attached hydrogen (secondary N) is 2. The van der Waals surface area contributed by atoms with Gasteiger partial charge in [0.05, 0.1) is 0 Å². The molecule has 2 aliphatic rings. The number of nitrogens with zero attached hydrogens (tertiary/aromatic N) is 1. The Morgan fingerprint density at radius 2 is 2.13 bits per heavy atom. The SMILES string of the molecule is COC1(C(=O)NCC(C)N2CCc3ccccc32)CCNCC1. The topological polar surface area (TPSA) is 53.6 Å². The van der Waals surface area contributed by atoms with Gasteiger partial charge in [0, 0.05) is 31.9 Å². The Balaban J connectivity index is 1.59. The van der Waals surface area contributed by atoms with E-state index in [0.717, 1.165) is 38.9 Å². The summed E-state index contributed by atoms with van der Waals surface area (Å²) in [6, 6.07) is 8.81. The molecule has 3 rings (SSSR count). The van der Waals surface area contributed by atoms with Crippen LogP contribution in [-0.4, -0.2) is 50.8 Å². The van der Waals surface area contributed by atoms with Crippen LogP contribution in [0.1, 0.15) is 25.3 Å². The summed E-state index contributed by atoms with van der Waals surface area (Å²) in [5.74, 6) is 0.0285. The predicted octanol–water partition coefficient (Wildman–Crippen LogP) is 1.32. The van der Waals surface area contributed by atoms with Crippen molar-refractivity contribution in [1.29, 1.82) is 0 Å². The van der Waals surface area contributed by atoms with Crippen LogP contribution in [0.15, 0.2) is 24.3 Å². The zero-order chi connectivity index (χ0) is 16.3. The van der Waals surface area contributed by atoms with Gasteiger partial charge in [0.25, 0.3) is 5.91 Å². The second-order valence-electron chi connectivity index (χ2n) is 6.58. The van der Waals surface area contributed by atoms with Crippen molar-refractivity contribution in [3.05, 3.63) is 29.8 Å². The van der Waals surface area contributed by atoms with E-state index in [9.17, 15) is 4.79 Å². The second-order valence-corrected chi connectivity index (χ2v) is 6.58. The molecule has 0 aliphatic carbocycles. The van der Waals surface area contributed by atoms with E-state index in [-0.39, 0.29) is 11.9 Å². The number of anilines is 1. The van der Waals surface area contributed by atoms with Gasteiger partial charge in [0.1, 0.15) is 5.60 Å². The lowest BCUT2D eigenvalue weighted by Crippen LogP contribution is -2.55. The van der Waals surface area contributed by atoms with Gasteiger partial charge in [-0.25, -0.2) is 0 Å². The summed E-state index contributed by atoms with van der Waals surface area (Å²) in [4.78, 5) is 15.0. The Kier molecular flexibility index (Phi) is 4.87. The number of para-hydroxylation sites is 1. The maximum absolute atomic E-state index is 12.6. The molecule has 1 unspecified atom stereocenters. The molecule has 0 saturated carbocycles. The fraction of sp³-hybridized carbons (Fsp3) is 0.611. The number of ether oxygens (including phenoxy) is 1. The minimum absolute atomic E-state index is 0.0285. The van der Waals surface area contributed by atoms with Crippen LogP contribution < -0.4 is 15.5 Å². The first-order chi connectivity index (χ1) is 11.2. The maximum Gasteiger partial charge on any atom is 0.252 e. The highest BCUT2D eigenvalue weighted by Gasteiger charge is 2.39. The standard InChI is InChI=1S/C18H27N3O2/c1-14(21-12-7-15-5-3-4-6-16(15)21)13-20-17(22)18(23-2)8-10-19-11-9-18/h3-6,14,19H,7-13H2,1-2H3,(H,20,22). The molecule has 1 aromatic rings. The van der Waals surface area contributed by atoms with Gasteiger partial charge in [-0.05, 0) is 50.9 Å². The van der Waals surface area contributed by atoms with Gasteiger partial charge in [-0.1, -0.05) is 18.2 Å². The van der Waals surface area contributed by atoms with Crippen molar-refractivity contribution in [2.75, 3.05) is 38.2 Å². The first-order valence-corrected chi connectivity index (χ1v) is 8.55. The van der Waals surface area contributed by atoms with Gasteiger partial charge in [-0.3, -0.25) is 4.79 Å². The van der Waals surface area contributed by atoms with Gasteiger partial charge in [0.15, 0.2) is 0 Å². The lowest BCUT2D eigenvalue weighted by atomic mass is 9.91. The molecule has 0 spiro atoms. The van der Waals surface area contributed by atoms with Crippen molar-refractivity contribution in [1.82, 2.24) is 10.6 Å². The quantitative estimate of drug-likeness (QED) is 0.860. The van der Waals surface area contributed by atoms with Gasteiger partial charge in [0.2, 0.25) is 0 Å². The largest absolute Gasteiger partial charge is 0.368 e. The van der Waals surface area contributed by atoms with Crippen LogP contribution >= 0.6 is 0 Å². The first-order valence-electron chi connectivity index (χ1n) is 8.55. The third-order valence-electron chi connectivity index (χ3n) is 5.23. The van der Waals surface area contributed by atoms with Crippen molar-refractivity contribution in [2.45, 2.75) is 37.8 Å². The van der Waals surface area contributed by atoms with Crippen LogP contribution in [-0.2, 0) is 16.0 Å². The normalized spacial score (nSPS) is 20.9. The number of rotatable bonds is 5. The number of carbonyl (C=O) groups excluding carboxylic acids is 1. The Hall–Kier alpha value is -1.59. The lowest BCUT2D eigenvalue weighted by Gasteiger charge is -2.36. The van der Waals surface area contributed by atoms with Crippen molar-refractivity contribution in [3.8, 4) is 0 Å². The fourth-order valence-corrected chi connectivity index (χ4v) is 3.69. The molecule has 5 heteroatoms. The van der Waals surface area contributed by atoms with Gasteiger partial charge in [-0.15, -0.1) is 0 Å². The fourth-order valence-electron chi connectivity index (χ4n) is 3.69. The number of hydrogen-bond donors (Lipinski definition) is 2. The molecule has 1 aromatic carbocycles. The molecule has 2 aliphatic heterocycles. The molecular weight excluding hydrogens is 290 g/mol. The molecule has 1 fully saturated rings. The number of methoxy groups -OCH3 is 1. The molecule has 23 heavy (non-hydrogen) atoms. The van der Waals surface area contributed by atoms with Gasteiger partial charge >= 0.3 is 0 Å². The molecule has 2 N–H and O–H groups in total. The summed E-state index contributed by atoms with van der Waals surface area (Å²) >= 11 is 0. The molecule has 5 nitrogen and oxygen atoms in total. The van der Waals surface area contributed by atoms with Crippen molar-refractivity contribution < 1.29 is 9.53 Å². The second kappa shape index (κ2) is 6.89. The van der Waals surface area contributed by atoms with E-state index in [4.69, 9.17) is 4.74 Å². The Morgan fingerprint density at radius 3 is 2.87 bits per heavy atom. The minimum Gasteiger partial charge on any atom is -0.368 e. The number of fused-ring (bicyclic) bond motifs is 1. The molecule has 0 bridgehead atoms. The number of piperidine rings is 1. The Labute approximate surface area is 138 Å². The van der Waals surface area contributed by atoms with E-state index < -0.39 is 5.60 Å². The highest BCUT2D eigenvalue weighted by atomic mass is 16.5. The number of carbonyl (C=O) groups is 1. The summed E-state index contributed by atoms with van der Waals surface area (Å²) in [7, 11) is 1.64. The molecule has 2 heterocycles. The summed E-state index contributed by atoms with van der Waals surface area (Å²) in [5, 5.41) is 6.40. The van der Waals surface area contributed by atoms with E-state index in [0.29, 0.717) is 6.54 Å². The zero-order valence-corrected chi connectivity index (χ0v) is 14.1. The molecule has 1 atom stereocenters. The van der Waals surface area contributed by atoms with E-state index >= 15 is 0 Å². The van der Waals surface area contributed by atoms with Crippen molar-refractivity contribution in [3.63, 3.8) is 0 Å². The smallest absolute Gasteiger partial charge is 0.252 e. The van der Waals surface area contributed by atoms with Crippen LogP contribution in [0, 0.1) is 0 Å². The monoisotopic (exact) mass is 317 g/mol. The third-order valence-corrected chi connectivity index (χ3v) is 5.23. The van der Waals surface area contributed by atoms with Gasteiger partial charge in [-0.2, -0.15) is 0 Å². The number of amides is 1. The van der Waals surface area contributed by atoms with E-state index in [2.05, 4.69) is 46.7 Å². The summed E-state index contributed by atoms with van der Waals surface area (Å²) in [6.07, 6.45) is 2.55. The average Bonchev–Trinajstić information content (AvgIpc) is 3.04. The van der Waals surface area contributed by atoms with Crippen molar-refractivity contribution >= 4 is 11.6 Å². The lowest BCUT2D eigenvalue weighted by molar-refractivity contribution is -0.146. The van der Waals surface area contributed by atoms with Crippen LogP contribution in [0.4, 0.5) is 5.69 Å². The third kappa shape index (κ3) is 3.21. The zero-order valence-electron chi connectivity index (χ0n) is 14.1. The van der Waals surface area contributed by atoms with Crippen LogP contribution in [0.3, 0.4) is 0 Å². The Morgan fingerprint density at radius 1 is 1.39 bits per heavy atom. The Bertz CT molecular complexity index is 555. The molecule has 1 saturated heterocycles. The van der Waals surface area contributed by atoms with E-state index in [1.54, 1.807) is 7.11 Å². The van der Waals surface area contributed by atoms with Crippen LogP contribution in [0.5, 0.6) is 0 Å². The molecular formula is C18H27N3O2. The highest BCUT2D eigenvalue weighted by Crippen LogP contribution is 2.29. The predicted molar refractivity (Wildman–Crippen MR) is 91.8 cm³/mol. The number of benzene rings is 1. The molecule has 0 aromatic heterocycles. The maximum atomic E-state index is 12.6. The van der Waals surface area contributed by atoms with Crippen molar-refractivity contribution in [2.24, 2.45) is 0 Å². The molecule has 1 amide bonds. The number of hydrogen-bond acceptors (Lipinski definition) is 4. The molecule has 126 valence electrons. The van der Waals surface area contributed by atoms with E-state index in [1.807, 2.05) is 0 Å². The van der Waals surface area contributed by atoms with Gasteiger partial charge < -0.3 is 20.3 Å². The average molecular weight is 317 g/mol.